The maximum atomic E-state index is 12.5. The summed E-state index contributed by atoms with van der Waals surface area (Å²) in [7, 11) is 1.82. The number of hydrogen-bond acceptors (Lipinski definition) is 3. The molecule has 1 aliphatic rings. The Balaban J connectivity index is 1.76. The van der Waals surface area contributed by atoms with Gasteiger partial charge in [-0.2, -0.15) is 0 Å². The van der Waals surface area contributed by atoms with Crippen molar-refractivity contribution in [1.82, 2.24) is 4.90 Å². The number of hydrogen-bond donors (Lipinski definition) is 1. The smallest absolute Gasteiger partial charge is 0.253 e. The average molecular weight is 270 g/mol. The van der Waals surface area contributed by atoms with Crippen LogP contribution in [0.5, 0.6) is 0 Å². The quantitative estimate of drug-likeness (QED) is 0.932. The van der Waals surface area contributed by atoms with Crippen LogP contribution in [-0.4, -0.2) is 24.4 Å². The van der Waals surface area contributed by atoms with E-state index in [-0.39, 0.29) is 5.91 Å². The fourth-order valence-electron chi connectivity index (χ4n) is 2.56. The molecule has 1 aromatic heterocycles. The summed E-state index contributed by atoms with van der Waals surface area (Å²) in [5, 5.41) is 3.30. The first kappa shape index (κ1) is 12.8. The number of amides is 1. The number of fused-ring (bicyclic) bond motifs is 1. The van der Waals surface area contributed by atoms with Crippen LogP contribution in [0.2, 0.25) is 0 Å². The number of furan rings is 1. The molecule has 20 heavy (non-hydrogen) atoms. The predicted molar refractivity (Wildman–Crippen MR) is 77.9 cm³/mol. The molecule has 0 spiro atoms. The highest BCUT2D eigenvalue weighted by molar-refractivity contribution is 5.94. The number of anilines is 1. The number of nitrogens with zero attached hydrogens (tertiary/aromatic N) is 1. The summed E-state index contributed by atoms with van der Waals surface area (Å²) < 4.78 is 5.27. The van der Waals surface area contributed by atoms with Crippen LogP contribution < -0.4 is 5.32 Å². The van der Waals surface area contributed by atoms with Crippen LogP contribution in [0.4, 0.5) is 5.69 Å². The van der Waals surface area contributed by atoms with Crippen molar-refractivity contribution in [3.8, 4) is 0 Å². The molecule has 104 valence electrons. The van der Waals surface area contributed by atoms with Crippen molar-refractivity contribution in [2.24, 2.45) is 0 Å². The second-order valence-electron chi connectivity index (χ2n) is 5.21. The highest BCUT2D eigenvalue weighted by Crippen LogP contribution is 2.24. The summed E-state index contributed by atoms with van der Waals surface area (Å²) >= 11 is 0. The highest BCUT2D eigenvalue weighted by Gasteiger charge is 2.17. The third-order valence-electron chi connectivity index (χ3n) is 3.78. The van der Waals surface area contributed by atoms with Crippen LogP contribution in [0.15, 0.2) is 34.9 Å². The van der Waals surface area contributed by atoms with Gasteiger partial charge in [-0.05, 0) is 43.2 Å². The van der Waals surface area contributed by atoms with Gasteiger partial charge in [-0.3, -0.25) is 4.79 Å². The molecule has 0 atom stereocenters. The monoisotopic (exact) mass is 270 g/mol. The summed E-state index contributed by atoms with van der Waals surface area (Å²) in [4.78, 5) is 14.2. The molecule has 0 unspecified atom stereocenters. The maximum absolute atomic E-state index is 12.5. The van der Waals surface area contributed by atoms with E-state index < -0.39 is 0 Å². The lowest BCUT2D eigenvalue weighted by atomic mass is 10.1. The number of nitrogens with one attached hydrogen (secondary N) is 1. The third kappa shape index (κ3) is 2.29. The van der Waals surface area contributed by atoms with Crippen molar-refractivity contribution in [2.75, 3.05) is 18.9 Å². The van der Waals surface area contributed by atoms with Crippen LogP contribution in [0, 0.1) is 6.92 Å². The van der Waals surface area contributed by atoms with E-state index in [0.717, 1.165) is 35.5 Å². The average Bonchev–Trinajstić information content (AvgIpc) is 3.06. The number of carbonyl (C=O) groups excluding carboxylic acids is 1. The molecule has 1 aliphatic heterocycles. The first-order valence-corrected chi connectivity index (χ1v) is 6.80. The van der Waals surface area contributed by atoms with Gasteiger partial charge in [0.15, 0.2) is 0 Å². The number of carbonyl (C=O) groups is 1. The molecule has 0 bridgehead atoms. The van der Waals surface area contributed by atoms with E-state index in [0.29, 0.717) is 6.54 Å². The topological polar surface area (TPSA) is 45.5 Å². The molecule has 1 amide bonds. The van der Waals surface area contributed by atoms with E-state index in [1.807, 2.05) is 38.2 Å². The molecule has 1 aromatic carbocycles. The van der Waals surface area contributed by atoms with Gasteiger partial charge < -0.3 is 14.6 Å². The molecule has 0 saturated heterocycles. The largest absolute Gasteiger partial charge is 0.469 e. The lowest BCUT2D eigenvalue weighted by Crippen LogP contribution is -2.26. The first-order valence-electron chi connectivity index (χ1n) is 6.80. The predicted octanol–water partition coefficient (Wildman–Crippen LogP) is 2.83. The van der Waals surface area contributed by atoms with E-state index >= 15 is 0 Å². The second-order valence-corrected chi connectivity index (χ2v) is 5.21. The molecule has 4 heteroatoms. The summed E-state index contributed by atoms with van der Waals surface area (Å²) in [6, 6.07) is 7.78. The summed E-state index contributed by atoms with van der Waals surface area (Å²) in [6.45, 7) is 3.43. The first-order chi connectivity index (χ1) is 9.65. The van der Waals surface area contributed by atoms with Crippen molar-refractivity contribution in [3.05, 3.63) is 53.0 Å². The van der Waals surface area contributed by atoms with Gasteiger partial charge in [0.05, 0.1) is 6.26 Å². The van der Waals surface area contributed by atoms with Crippen molar-refractivity contribution in [3.63, 3.8) is 0 Å². The second kappa shape index (κ2) is 5.04. The Kier molecular flexibility index (Phi) is 3.22. The summed E-state index contributed by atoms with van der Waals surface area (Å²) in [6.07, 6.45) is 2.64. The van der Waals surface area contributed by atoms with Crippen LogP contribution in [0.25, 0.3) is 0 Å². The summed E-state index contributed by atoms with van der Waals surface area (Å²) in [5.74, 6) is 0.906. The van der Waals surface area contributed by atoms with E-state index in [1.54, 1.807) is 11.2 Å². The van der Waals surface area contributed by atoms with Gasteiger partial charge >= 0.3 is 0 Å². The molecule has 0 aliphatic carbocycles. The molecular weight excluding hydrogens is 252 g/mol. The van der Waals surface area contributed by atoms with Crippen LogP contribution in [0.3, 0.4) is 0 Å². The van der Waals surface area contributed by atoms with E-state index in [2.05, 4.69) is 5.32 Å². The highest BCUT2D eigenvalue weighted by atomic mass is 16.3. The molecule has 1 N–H and O–H groups in total. The van der Waals surface area contributed by atoms with Crippen molar-refractivity contribution >= 4 is 11.6 Å². The Hall–Kier alpha value is -2.23. The lowest BCUT2D eigenvalue weighted by molar-refractivity contribution is 0.0784. The number of aryl methyl sites for hydroxylation is 1. The molecule has 2 aromatic rings. The maximum Gasteiger partial charge on any atom is 0.253 e. The normalized spacial score (nSPS) is 12.9. The fourth-order valence-corrected chi connectivity index (χ4v) is 2.56. The van der Waals surface area contributed by atoms with Crippen LogP contribution in [0.1, 0.15) is 27.2 Å². The Labute approximate surface area is 118 Å². The van der Waals surface area contributed by atoms with E-state index in [9.17, 15) is 4.79 Å². The molecule has 0 fully saturated rings. The Morgan fingerprint density at radius 3 is 3.00 bits per heavy atom. The lowest BCUT2D eigenvalue weighted by Gasteiger charge is -2.17. The molecule has 0 radical (unpaired) electrons. The number of benzene rings is 1. The van der Waals surface area contributed by atoms with Crippen molar-refractivity contribution in [2.45, 2.75) is 19.9 Å². The number of rotatable bonds is 3. The fraction of sp³-hybridized carbons (Fsp3) is 0.312. The van der Waals surface area contributed by atoms with Gasteiger partial charge in [0.2, 0.25) is 0 Å². The van der Waals surface area contributed by atoms with Gasteiger partial charge in [0.1, 0.15) is 5.76 Å². The van der Waals surface area contributed by atoms with Gasteiger partial charge in [-0.1, -0.05) is 0 Å². The minimum Gasteiger partial charge on any atom is -0.469 e. The molecule has 2 heterocycles. The van der Waals surface area contributed by atoms with Crippen molar-refractivity contribution in [1.29, 1.82) is 0 Å². The Morgan fingerprint density at radius 2 is 2.25 bits per heavy atom. The zero-order chi connectivity index (χ0) is 14.1. The standard InChI is InChI=1S/C16H18N2O2/c1-11-14(6-8-20-11)10-18(2)16(19)13-3-4-15-12(9-13)5-7-17-15/h3-4,6,8-9,17H,5,7,10H2,1-2H3. The van der Waals surface area contributed by atoms with Crippen molar-refractivity contribution < 1.29 is 9.21 Å². The SMILES string of the molecule is Cc1occc1CN(C)C(=O)c1ccc2c(c1)CCN2. The van der Waals surface area contributed by atoms with Gasteiger partial charge in [-0.15, -0.1) is 0 Å². The minimum atomic E-state index is 0.0419. The Morgan fingerprint density at radius 1 is 1.40 bits per heavy atom. The van der Waals surface area contributed by atoms with Crippen LogP contribution >= 0.6 is 0 Å². The van der Waals surface area contributed by atoms with E-state index in [1.165, 1.54) is 5.56 Å². The zero-order valence-corrected chi connectivity index (χ0v) is 11.8. The Bertz CT molecular complexity index is 646. The third-order valence-corrected chi connectivity index (χ3v) is 3.78. The summed E-state index contributed by atoms with van der Waals surface area (Å²) in [5.41, 5.74) is 4.17. The zero-order valence-electron chi connectivity index (χ0n) is 11.8. The van der Waals surface area contributed by atoms with Gasteiger partial charge in [0, 0.05) is 37.0 Å². The van der Waals surface area contributed by atoms with E-state index in [4.69, 9.17) is 4.42 Å². The molecule has 3 rings (SSSR count). The van der Waals surface area contributed by atoms with Crippen LogP contribution in [-0.2, 0) is 13.0 Å². The minimum absolute atomic E-state index is 0.0419. The molecule has 4 nitrogen and oxygen atoms in total. The van der Waals surface area contributed by atoms with Gasteiger partial charge in [0.25, 0.3) is 5.91 Å². The molecular formula is C16H18N2O2. The molecule has 0 saturated carbocycles. The van der Waals surface area contributed by atoms with Gasteiger partial charge in [-0.25, -0.2) is 0 Å².